The Morgan fingerprint density at radius 3 is 2.74 bits per heavy atom. The van der Waals surface area contributed by atoms with Gasteiger partial charge in [-0.05, 0) is 82.5 Å². The largest absolute Gasteiger partial charge is 0.506 e. The molecule has 0 aliphatic carbocycles. The first kappa shape index (κ1) is 15.0. The molecular weight excluding hydrogens is 490 g/mol. The Morgan fingerprint density at radius 2 is 2.16 bits per heavy atom. The minimum atomic E-state index is -0.166. The summed E-state index contributed by atoms with van der Waals surface area (Å²) in [5.74, 6) is 0.00440. The van der Waals surface area contributed by atoms with Crippen molar-refractivity contribution in [1.29, 1.82) is 0 Å². The van der Waals surface area contributed by atoms with E-state index in [-0.39, 0.29) is 11.7 Å². The summed E-state index contributed by atoms with van der Waals surface area (Å²) in [5, 5.41) is 13.3. The molecule has 100 valence electrons. The summed E-state index contributed by atoms with van der Waals surface area (Å²) in [4.78, 5) is 13.5. The molecule has 1 aliphatic heterocycles. The average Bonchev–Trinajstić information content (AvgIpc) is 2.60. The number of thiocarbonyl (C=S) groups is 1. The van der Waals surface area contributed by atoms with Gasteiger partial charge in [0.1, 0.15) is 11.4 Å². The van der Waals surface area contributed by atoms with Crippen molar-refractivity contribution in [2.75, 3.05) is 6.54 Å². The fraction of sp³-hybridized carbons (Fsp3) is 0.167. The van der Waals surface area contributed by atoms with Crippen LogP contribution in [0.3, 0.4) is 0 Å². The van der Waals surface area contributed by atoms with E-state index < -0.39 is 0 Å². The van der Waals surface area contributed by atoms with Gasteiger partial charge in [0.05, 0.1) is 3.57 Å². The molecule has 1 saturated heterocycles. The molecule has 1 fully saturated rings. The quantitative estimate of drug-likeness (QED) is 0.373. The number of hydrogen-bond acceptors (Lipinski definition) is 3. The number of phenolic OH excluding ortho intramolecular Hbond substituents is 1. The fourth-order valence-electron chi connectivity index (χ4n) is 1.71. The Labute approximate surface area is 143 Å². The van der Waals surface area contributed by atoms with Gasteiger partial charge < -0.3 is 10.4 Å². The lowest BCUT2D eigenvalue weighted by molar-refractivity contribution is -0.122. The molecule has 4 nitrogen and oxygen atoms in total. The van der Waals surface area contributed by atoms with Crippen molar-refractivity contribution >= 4 is 74.5 Å². The molecule has 1 aromatic carbocycles. The van der Waals surface area contributed by atoms with Crippen molar-refractivity contribution in [3.63, 3.8) is 0 Å². The molecule has 0 radical (unpaired) electrons. The van der Waals surface area contributed by atoms with Crippen LogP contribution < -0.4 is 5.32 Å². The number of carbonyl (C=O) groups excluding carboxylic acids is 1. The van der Waals surface area contributed by atoms with Crippen LogP contribution in [-0.2, 0) is 4.79 Å². The van der Waals surface area contributed by atoms with Crippen LogP contribution >= 0.6 is 57.4 Å². The number of halogens is 2. The first-order valence-corrected chi connectivity index (χ1v) is 8.03. The van der Waals surface area contributed by atoms with E-state index in [1.165, 1.54) is 4.90 Å². The number of rotatable bonds is 2. The molecule has 1 amide bonds. The van der Waals surface area contributed by atoms with Crippen LogP contribution in [0.4, 0.5) is 0 Å². The van der Waals surface area contributed by atoms with Crippen LogP contribution in [0.1, 0.15) is 12.5 Å². The van der Waals surface area contributed by atoms with E-state index in [9.17, 15) is 9.90 Å². The Kier molecular flexibility index (Phi) is 4.66. The third kappa shape index (κ3) is 3.02. The molecule has 19 heavy (non-hydrogen) atoms. The van der Waals surface area contributed by atoms with E-state index in [1.54, 1.807) is 6.08 Å². The minimum absolute atomic E-state index is 0.166. The van der Waals surface area contributed by atoms with Gasteiger partial charge in [0.2, 0.25) is 0 Å². The predicted octanol–water partition coefficient (Wildman–Crippen LogP) is 2.68. The van der Waals surface area contributed by atoms with Gasteiger partial charge in [0.25, 0.3) is 5.91 Å². The summed E-state index contributed by atoms with van der Waals surface area (Å²) in [6, 6.07) is 3.68. The van der Waals surface area contributed by atoms with E-state index in [2.05, 4.69) is 50.5 Å². The second-order valence-electron chi connectivity index (χ2n) is 3.86. The maximum Gasteiger partial charge on any atom is 0.276 e. The van der Waals surface area contributed by atoms with Gasteiger partial charge >= 0.3 is 0 Å². The number of likely N-dealkylation sites (N-methyl/N-ethyl adjacent to an activating group) is 1. The topological polar surface area (TPSA) is 52.6 Å². The molecule has 0 spiro atoms. The normalized spacial score (nSPS) is 17.2. The van der Waals surface area contributed by atoms with Crippen LogP contribution in [0.25, 0.3) is 6.08 Å². The number of nitrogens with one attached hydrogen (secondary N) is 1. The van der Waals surface area contributed by atoms with E-state index in [4.69, 9.17) is 12.2 Å². The molecule has 1 aromatic rings. The molecule has 2 N–H and O–H groups in total. The SMILES string of the molecule is CCN1C(=O)C(=Cc2cc(I)cc(I)c2O)NC1=S. The van der Waals surface area contributed by atoms with Gasteiger partial charge in [-0.15, -0.1) is 0 Å². The monoisotopic (exact) mass is 500 g/mol. The number of benzene rings is 1. The number of amides is 1. The minimum Gasteiger partial charge on any atom is -0.506 e. The van der Waals surface area contributed by atoms with Gasteiger partial charge in [-0.3, -0.25) is 9.69 Å². The highest BCUT2D eigenvalue weighted by Gasteiger charge is 2.29. The van der Waals surface area contributed by atoms with E-state index in [1.807, 2.05) is 19.1 Å². The zero-order chi connectivity index (χ0) is 14.2. The molecule has 2 rings (SSSR count). The lowest BCUT2D eigenvalue weighted by Gasteiger charge is -2.09. The van der Waals surface area contributed by atoms with E-state index in [0.717, 1.165) is 7.14 Å². The molecular formula is C12H10I2N2O2S. The fourth-order valence-corrected chi connectivity index (χ4v) is 3.92. The third-order valence-corrected chi connectivity index (χ3v) is 4.40. The zero-order valence-corrected chi connectivity index (χ0v) is 15.0. The summed E-state index contributed by atoms with van der Waals surface area (Å²) >= 11 is 9.31. The Hall–Kier alpha value is -0.420. The van der Waals surface area contributed by atoms with Crippen molar-refractivity contribution in [2.24, 2.45) is 0 Å². The highest BCUT2D eigenvalue weighted by Crippen LogP contribution is 2.29. The third-order valence-electron chi connectivity index (χ3n) is 2.64. The van der Waals surface area contributed by atoms with Crippen LogP contribution in [0.5, 0.6) is 5.75 Å². The number of phenols is 1. The summed E-state index contributed by atoms with van der Waals surface area (Å²) in [6.07, 6.45) is 1.63. The van der Waals surface area contributed by atoms with Crippen LogP contribution in [0, 0.1) is 7.14 Å². The molecule has 0 atom stereocenters. The lowest BCUT2D eigenvalue weighted by atomic mass is 10.1. The second kappa shape index (κ2) is 5.92. The number of aromatic hydroxyl groups is 1. The maximum atomic E-state index is 12.1. The Balaban J connectivity index is 2.43. The first-order chi connectivity index (χ1) is 8.93. The van der Waals surface area contributed by atoms with Crippen molar-refractivity contribution in [3.05, 3.63) is 30.5 Å². The zero-order valence-electron chi connectivity index (χ0n) is 9.91. The lowest BCUT2D eigenvalue weighted by Crippen LogP contribution is -2.30. The summed E-state index contributed by atoms with van der Waals surface area (Å²) in [6.45, 7) is 2.39. The molecule has 0 unspecified atom stereocenters. The van der Waals surface area contributed by atoms with Gasteiger partial charge in [-0.2, -0.15) is 0 Å². The Morgan fingerprint density at radius 1 is 1.47 bits per heavy atom. The summed E-state index contributed by atoms with van der Waals surface area (Å²) in [7, 11) is 0. The molecule has 0 saturated carbocycles. The van der Waals surface area contributed by atoms with Gasteiger partial charge in [-0.25, -0.2) is 0 Å². The van der Waals surface area contributed by atoms with Crippen molar-refractivity contribution < 1.29 is 9.90 Å². The van der Waals surface area contributed by atoms with Crippen LogP contribution in [0.15, 0.2) is 17.8 Å². The number of carbonyl (C=O) groups is 1. The summed E-state index contributed by atoms with van der Waals surface area (Å²) < 4.78 is 1.74. The van der Waals surface area contributed by atoms with Crippen LogP contribution in [-0.4, -0.2) is 27.6 Å². The van der Waals surface area contributed by atoms with Crippen molar-refractivity contribution in [3.8, 4) is 5.75 Å². The average molecular weight is 500 g/mol. The van der Waals surface area contributed by atoms with Crippen LogP contribution in [0.2, 0.25) is 0 Å². The molecule has 0 aromatic heterocycles. The van der Waals surface area contributed by atoms with Gasteiger partial charge in [-0.1, -0.05) is 0 Å². The van der Waals surface area contributed by atoms with Crippen molar-refractivity contribution in [1.82, 2.24) is 10.2 Å². The maximum absolute atomic E-state index is 12.1. The molecule has 1 heterocycles. The predicted molar refractivity (Wildman–Crippen MR) is 94.6 cm³/mol. The van der Waals surface area contributed by atoms with E-state index in [0.29, 0.717) is 22.9 Å². The first-order valence-electron chi connectivity index (χ1n) is 5.46. The molecule has 0 bridgehead atoms. The highest BCUT2D eigenvalue weighted by atomic mass is 127. The number of nitrogens with zero attached hydrogens (tertiary/aromatic N) is 1. The molecule has 7 heteroatoms. The van der Waals surface area contributed by atoms with E-state index >= 15 is 0 Å². The smallest absolute Gasteiger partial charge is 0.276 e. The number of hydrogen-bond donors (Lipinski definition) is 2. The molecule has 1 aliphatic rings. The summed E-state index contributed by atoms with van der Waals surface area (Å²) in [5.41, 5.74) is 0.993. The second-order valence-corrected chi connectivity index (χ2v) is 6.66. The van der Waals surface area contributed by atoms with Crippen molar-refractivity contribution in [2.45, 2.75) is 6.92 Å². The Bertz CT molecular complexity index is 602. The highest BCUT2D eigenvalue weighted by molar-refractivity contribution is 14.1. The van der Waals surface area contributed by atoms with Gasteiger partial charge in [0.15, 0.2) is 5.11 Å². The standard InChI is InChI=1S/C12H10I2N2O2S/c1-2-16-11(18)9(15-12(16)19)4-6-3-7(13)5-8(14)10(6)17/h3-5,17H,2H2,1H3,(H,15,19). The van der Waals surface area contributed by atoms with Gasteiger partial charge in [0, 0.05) is 15.7 Å².